The minimum atomic E-state index is 0.437. The van der Waals surface area contributed by atoms with Crippen LogP contribution in [0.5, 0.6) is 0 Å². The lowest BCUT2D eigenvalue weighted by atomic mass is 9.71. The SMILES string of the molecule is C=C(C)C.C=C(C)c1ccccc1.C=Cc1ccccc1.CC(C)(C)C(C)(C)C. The molecule has 2 rings (SSSR count). The molecule has 0 N–H and O–H groups in total. The van der Waals surface area contributed by atoms with Crippen molar-refractivity contribution in [3.63, 3.8) is 0 Å². The van der Waals surface area contributed by atoms with Crippen molar-refractivity contribution < 1.29 is 0 Å². The van der Waals surface area contributed by atoms with E-state index in [1.54, 1.807) is 0 Å². The van der Waals surface area contributed by atoms with Crippen LogP contribution in [0.25, 0.3) is 11.6 Å². The van der Waals surface area contributed by atoms with Gasteiger partial charge in [0, 0.05) is 0 Å². The first-order valence-corrected chi connectivity index (χ1v) is 10.2. The van der Waals surface area contributed by atoms with Crippen molar-refractivity contribution in [3.8, 4) is 0 Å². The molecule has 0 unspecified atom stereocenters. The minimum absolute atomic E-state index is 0.437. The van der Waals surface area contributed by atoms with Crippen LogP contribution < -0.4 is 0 Å². The van der Waals surface area contributed by atoms with E-state index in [4.69, 9.17) is 0 Å². The third-order valence-corrected chi connectivity index (χ3v) is 4.55. The third-order valence-electron chi connectivity index (χ3n) is 4.55. The van der Waals surface area contributed by atoms with Crippen molar-refractivity contribution in [2.45, 2.75) is 62.3 Å². The highest BCUT2D eigenvalue weighted by Gasteiger charge is 2.26. The van der Waals surface area contributed by atoms with Crippen LogP contribution >= 0.6 is 0 Å². The molecule has 160 valence electrons. The van der Waals surface area contributed by atoms with Crippen molar-refractivity contribution in [3.05, 3.63) is 97.1 Å². The molecular weight excluding hydrogens is 348 g/mol. The Morgan fingerprint density at radius 3 is 1.14 bits per heavy atom. The van der Waals surface area contributed by atoms with Crippen LogP contribution in [0.1, 0.15) is 73.4 Å². The summed E-state index contributed by atoms with van der Waals surface area (Å²) in [6.45, 7) is 30.6. The molecular formula is C29H44. The Bertz CT molecular complexity index is 673. The number of hydrogen-bond donors (Lipinski definition) is 0. The van der Waals surface area contributed by atoms with E-state index in [9.17, 15) is 0 Å². The highest BCUT2D eigenvalue weighted by Crippen LogP contribution is 2.36. The molecule has 0 aliphatic heterocycles. The van der Waals surface area contributed by atoms with Crippen molar-refractivity contribution in [1.29, 1.82) is 0 Å². The van der Waals surface area contributed by atoms with Crippen LogP contribution in [0.15, 0.2) is 86.0 Å². The molecule has 0 aromatic heterocycles. The first-order chi connectivity index (χ1) is 13.2. The predicted octanol–water partition coefficient (Wildman–Crippen LogP) is 9.71. The first kappa shape index (κ1) is 28.9. The third kappa shape index (κ3) is 17.5. The molecule has 0 saturated carbocycles. The van der Waals surface area contributed by atoms with Gasteiger partial charge in [0.1, 0.15) is 0 Å². The summed E-state index contributed by atoms with van der Waals surface area (Å²) in [4.78, 5) is 0. The molecule has 0 spiro atoms. The summed E-state index contributed by atoms with van der Waals surface area (Å²) in [6, 6.07) is 20.2. The molecule has 0 aliphatic rings. The van der Waals surface area contributed by atoms with E-state index in [-0.39, 0.29) is 0 Å². The van der Waals surface area contributed by atoms with Crippen LogP contribution in [0.4, 0.5) is 0 Å². The van der Waals surface area contributed by atoms with E-state index < -0.39 is 0 Å². The zero-order valence-electron chi connectivity index (χ0n) is 20.5. The molecule has 29 heavy (non-hydrogen) atoms. The lowest BCUT2D eigenvalue weighted by Crippen LogP contribution is -2.25. The molecule has 0 heterocycles. The highest BCUT2D eigenvalue weighted by atomic mass is 14.3. The van der Waals surface area contributed by atoms with Gasteiger partial charge in [0.15, 0.2) is 0 Å². The highest BCUT2D eigenvalue weighted by molar-refractivity contribution is 5.60. The van der Waals surface area contributed by atoms with Crippen molar-refractivity contribution >= 4 is 11.6 Å². The maximum atomic E-state index is 3.83. The molecule has 0 amide bonds. The molecule has 0 nitrogen and oxygen atoms in total. The predicted molar refractivity (Wildman–Crippen MR) is 137 cm³/mol. The maximum Gasteiger partial charge on any atom is -0.0233 e. The Morgan fingerprint density at radius 2 is 0.966 bits per heavy atom. The fourth-order valence-electron chi connectivity index (χ4n) is 1.31. The Hall–Kier alpha value is -2.34. The van der Waals surface area contributed by atoms with E-state index in [2.05, 4.69) is 73.4 Å². The van der Waals surface area contributed by atoms with Crippen LogP contribution in [-0.4, -0.2) is 0 Å². The van der Waals surface area contributed by atoms with Crippen LogP contribution in [-0.2, 0) is 0 Å². The molecule has 0 bridgehead atoms. The number of hydrogen-bond acceptors (Lipinski definition) is 0. The van der Waals surface area contributed by atoms with Gasteiger partial charge < -0.3 is 0 Å². The normalized spacial score (nSPS) is 9.97. The summed E-state index contributed by atoms with van der Waals surface area (Å²) >= 11 is 0. The average molecular weight is 393 g/mol. The summed E-state index contributed by atoms with van der Waals surface area (Å²) in [6.07, 6.45) is 1.83. The Morgan fingerprint density at radius 1 is 0.655 bits per heavy atom. The smallest absolute Gasteiger partial charge is 0.0233 e. The van der Waals surface area contributed by atoms with Gasteiger partial charge in [0.2, 0.25) is 0 Å². The Labute approximate surface area is 182 Å². The molecule has 0 atom stereocenters. The molecule has 2 aromatic carbocycles. The Kier molecular flexibility index (Phi) is 14.6. The molecule has 2 aromatic rings. The second-order valence-electron chi connectivity index (χ2n) is 9.47. The molecule has 0 aliphatic carbocycles. The number of rotatable bonds is 2. The number of benzene rings is 2. The van der Waals surface area contributed by atoms with Crippen molar-refractivity contribution in [2.75, 3.05) is 0 Å². The zero-order chi connectivity index (χ0) is 23.1. The molecule has 0 radical (unpaired) electrons. The first-order valence-electron chi connectivity index (χ1n) is 10.2. The summed E-state index contributed by atoms with van der Waals surface area (Å²) in [5, 5.41) is 0. The second-order valence-corrected chi connectivity index (χ2v) is 9.47. The Balaban J connectivity index is 0. The van der Waals surface area contributed by atoms with Crippen LogP contribution in [0.3, 0.4) is 0 Å². The van der Waals surface area contributed by atoms with Gasteiger partial charge in [-0.05, 0) is 42.7 Å². The molecule has 0 fully saturated rings. The fraction of sp³-hybridized carbons (Fsp3) is 0.379. The van der Waals surface area contributed by atoms with E-state index in [1.807, 2.05) is 75.4 Å². The summed E-state index contributed by atoms with van der Waals surface area (Å²) in [5.41, 5.74) is 5.56. The summed E-state index contributed by atoms with van der Waals surface area (Å²) in [7, 11) is 0. The minimum Gasteiger partial charge on any atom is -0.100 e. The van der Waals surface area contributed by atoms with Gasteiger partial charge in [0.05, 0.1) is 0 Å². The van der Waals surface area contributed by atoms with E-state index in [0.29, 0.717) is 10.8 Å². The van der Waals surface area contributed by atoms with Crippen LogP contribution in [0.2, 0.25) is 0 Å². The topological polar surface area (TPSA) is 0 Å². The lowest BCUT2D eigenvalue weighted by molar-refractivity contribution is 0.157. The number of allylic oxidation sites excluding steroid dienone is 2. The monoisotopic (exact) mass is 392 g/mol. The van der Waals surface area contributed by atoms with Gasteiger partial charge in [-0.3, -0.25) is 0 Å². The van der Waals surface area contributed by atoms with E-state index in [0.717, 1.165) is 5.57 Å². The quantitative estimate of drug-likeness (QED) is 0.446. The van der Waals surface area contributed by atoms with Gasteiger partial charge in [-0.25, -0.2) is 0 Å². The van der Waals surface area contributed by atoms with Gasteiger partial charge in [-0.15, -0.1) is 6.58 Å². The standard InChI is InChI=1S/C9H10.C8H8.C8H18.C4H8/c1-8(2)9-6-4-3-5-7-9;1-2-8-6-4-3-5-7-8;1-7(2,3)8(4,5)6;1-4(2)3/h3-7H,1H2,2H3;2-7H,1H2;1-6H3;1H2,2-3H3. The van der Waals surface area contributed by atoms with Crippen molar-refractivity contribution in [2.24, 2.45) is 10.8 Å². The maximum absolute atomic E-state index is 3.83. The van der Waals surface area contributed by atoms with Gasteiger partial charge in [0.25, 0.3) is 0 Å². The van der Waals surface area contributed by atoms with E-state index >= 15 is 0 Å². The summed E-state index contributed by atoms with van der Waals surface area (Å²) < 4.78 is 0. The molecule has 0 saturated heterocycles. The van der Waals surface area contributed by atoms with Gasteiger partial charge in [-0.1, -0.05) is 133 Å². The molecule has 0 heteroatoms. The average Bonchev–Trinajstić information content (AvgIpc) is 2.62. The van der Waals surface area contributed by atoms with Gasteiger partial charge in [-0.2, -0.15) is 0 Å². The lowest BCUT2D eigenvalue weighted by Gasteiger charge is -2.34. The van der Waals surface area contributed by atoms with Crippen molar-refractivity contribution in [1.82, 2.24) is 0 Å². The largest absolute Gasteiger partial charge is 0.100 e. The zero-order valence-corrected chi connectivity index (χ0v) is 20.5. The van der Waals surface area contributed by atoms with E-state index in [1.165, 1.54) is 16.7 Å². The second kappa shape index (κ2) is 14.6. The van der Waals surface area contributed by atoms with Gasteiger partial charge >= 0.3 is 0 Å². The van der Waals surface area contributed by atoms with Crippen LogP contribution in [0, 0.1) is 10.8 Å². The fourth-order valence-corrected chi connectivity index (χ4v) is 1.31. The summed E-state index contributed by atoms with van der Waals surface area (Å²) in [5.74, 6) is 0.